The van der Waals surface area contributed by atoms with Gasteiger partial charge in [0.05, 0.1) is 12.5 Å². The van der Waals surface area contributed by atoms with Gasteiger partial charge in [-0.2, -0.15) is 0 Å². The Morgan fingerprint density at radius 1 is 1.32 bits per heavy atom. The maximum absolute atomic E-state index is 12.3. The topological polar surface area (TPSA) is 89.9 Å². The number of hydrogen-bond donors (Lipinski definition) is 3. The summed E-state index contributed by atoms with van der Waals surface area (Å²) in [6, 6.07) is -0.282. The minimum atomic E-state index is -0.899. The van der Waals surface area contributed by atoms with E-state index in [2.05, 4.69) is 5.32 Å². The van der Waals surface area contributed by atoms with Gasteiger partial charge in [-0.05, 0) is 32.1 Å². The molecule has 0 aromatic carbocycles. The minimum absolute atomic E-state index is 0.0476. The van der Waals surface area contributed by atoms with Crippen LogP contribution in [-0.4, -0.2) is 51.3 Å². The SMILES string of the molecule is CCC(CC(=O)O)NC(=O)N1C2CCC1CC(O)C2. The molecule has 2 rings (SSSR count). The molecule has 2 aliphatic rings. The van der Waals surface area contributed by atoms with Crippen molar-refractivity contribution in [3.63, 3.8) is 0 Å². The van der Waals surface area contributed by atoms with Crippen molar-refractivity contribution in [3.8, 4) is 0 Å². The third-order valence-corrected chi connectivity index (χ3v) is 4.18. The zero-order chi connectivity index (χ0) is 14.0. The number of urea groups is 1. The van der Waals surface area contributed by atoms with Gasteiger partial charge in [0.2, 0.25) is 0 Å². The number of piperidine rings is 1. The lowest BCUT2D eigenvalue weighted by molar-refractivity contribution is -0.137. The molecule has 2 fully saturated rings. The van der Waals surface area contributed by atoms with Crippen molar-refractivity contribution in [1.29, 1.82) is 0 Å². The van der Waals surface area contributed by atoms with Gasteiger partial charge in [0.1, 0.15) is 0 Å². The van der Waals surface area contributed by atoms with Crippen LogP contribution in [0.4, 0.5) is 4.79 Å². The second kappa shape index (κ2) is 5.77. The van der Waals surface area contributed by atoms with Crippen LogP contribution in [0.25, 0.3) is 0 Å². The molecule has 6 heteroatoms. The van der Waals surface area contributed by atoms with Gasteiger partial charge < -0.3 is 20.4 Å². The van der Waals surface area contributed by atoms with E-state index in [-0.39, 0.29) is 36.7 Å². The summed E-state index contributed by atoms with van der Waals surface area (Å²) in [7, 11) is 0. The number of carbonyl (C=O) groups excluding carboxylic acids is 1. The van der Waals surface area contributed by atoms with Crippen LogP contribution in [0.2, 0.25) is 0 Å². The Morgan fingerprint density at radius 3 is 2.37 bits per heavy atom. The number of carbonyl (C=O) groups is 2. The van der Waals surface area contributed by atoms with Crippen molar-refractivity contribution in [2.75, 3.05) is 0 Å². The fourth-order valence-electron chi connectivity index (χ4n) is 3.24. The third-order valence-electron chi connectivity index (χ3n) is 4.18. The normalized spacial score (nSPS) is 31.1. The van der Waals surface area contributed by atoms with Crippen LogP contribution in [-0.2, 0) is 4.79 Å². The van der Waals surface area contributed by atoms with Gasteiger partial charge in [0, 0.05) is 18.1 Å². The molecule has 6 nitrogen and oxygen atoms in total. The minimum Gasteiger partial charge on any atom is -0.481 e. The predicted octanol–water partition coefficient (Wildman–Crippen LogP) is 0.937. The van der Waals surface area contributed by atoms with E-state index in [1.807, 2.05) is 11.8 Å². The monoisotopic (exact) mass is 270 g/mol. The van der Waals surface area contributed by atoms with E-state index in [0.29, 0.717) is 19.3 Å². The van der Waals surface area contributed by atoms with E-state index in [1.54, 1.807) is 0 Å². The van der Waals surface area contributed by atoms with Gasteiger partial charge in [-0.1, -0.05) is 6.92 Å². The first-order chi connectivity index (χ1) is 9.01. The van der Waals surface area contributed by atoms with Crippen LogP contribution in [0.15, 0.2) is 0 Å². The Balaban J connectivity index is 1.94. The Morgan fingerprint density at radius 2 is 1.89 bits per heavy atom. The number of nitrogens with zero attached hydrogens (tertiary/aromatic N) is 1. The van der Waals surface area contributed by atoms with Crippen LogP contribution in [0, 0.1) is 0 Å². The molecule has 3 atom stereocenters. The number of aliphatic carboxylic acids is 1. The molecule has 108 valence electrons. The average Bonchev–Trinajstić information content (AvgIpc) is 2.60. The first-order valence-electron chi connectivity index (χ1n) is 7.00. The molecule has 3 unspecified atom stereocenters. The highest BCUT2D eigenvalue weighted by molar-refractivity contribution is 5.77. The number of rotatable bonds is 4. The number of nitrogens with one attached hydrogen (secondary N) is 1. The van der Waals surface area contributed by atoms with Crippen molar-refractivity contribution >= 4 is 12.0 Å². The molecule has 0 aromatic heterocycles. The summed E-state index contributed by atoms with van der Waals surface area (Å²) in [6.45, 7) is 1.86. The Kier molecular flexibility index (Phi) is 4.29. The van der Waals surface area contributed by atoms with E-state index in [0.717, 1.165) is 12.8 Å². The lowest BCUT2D eigenvalue weighted by atomic mass is 10.0. The maximum atomic E-state index is 12.3. The quantitative estimate of drug-likeness (QED) is 0.709. The van der Waals surface area contributed by atoms with E-state index in [9.17, 15) is 14.7 Å². The number of hydrogen-bond acceptors (Lipinski definition) is 3. The number of carboxylic acids is 1. The van der Waals surface area contributed by atoms with Crippen molar-refractivity contribution in [2.45, 2.75) is 69.7 Å². The molecule has 2 bridgehead atoms. The zero-order valence-corrected chi connectivity index (χ0v) is 11.2. The summed E-state index contributed by atoms with van der Waals surface area (Å²) >= 11 is 0. The number of amides is 2. The highest BCUT2D eigenvalue weighted by Crippen LogP contribution is 2.35. The molecule has 2 amide bonds. The Labute approximate surface area is 112 Å². The maximum Gasteiger partial charge on any atom is 0.318 e. The summed E-state index contributed by atoms with van der Waals surface area (Å²) in [4.78, 5) is 24.8. The zero-order valence-electron chi connectivity index (χ0n) is 11.2. The van der Waals surface area contributed by atoms with Gasteiger partial charge >= 0.3 is 12.0 Å². The van der Waals surface area contributed by atoms with E-state index >= 15 is 0 Å². The fraction of sp³-hybridized carbons (Fsp3) is 0.846. The molecule has 0 aromatic rings. The second-order valence-corrected chi connectivity index (χ2v) is 5.57. The largest absolute Gasteiger partial charge is 0.481 e. The Bertz CT molecular complexity index is 347. The first-order valence-corrected chi connectivity index (χ1v) is 7.00. The standard InChI is InChI=1S/C13H22N2O4/c1-2-8(5-12(17)18)14-13(19)15-9-3-4-10(15)7-11(16)6-9/h8-11,16H,2-7H2,1H3,(H,14,19)(H,17,18). The summed E-state index contributed by atoms with van der Waals surface area (Å²) in [5.41, 5.74) is 0. The average molecular weight is 270 g/mol. The van der Waals surface area contributed by atoms with Crippen molar-refractivity contribution in [2.24, 2.45) is 0 Å². The van der Waals surface area contributed by atoms with Crippen molar-refractivity contribution < 1.29 is 19.8 Å². The summed E-state index contributed by atoms with van der Waals surface area (Å²) in [5.74, 6) is -0.899. The van der Waals surface area contributed by atoms with Crippen molar-refractivity contribution in [3.05, 3.63) is 0 Å². The van der Waals surface area contributed by atoms with Crippen LogP contribution >= 0.6 is 0 Å². The van der Waals surface area contributed by atoms with E-state index in [1.165, 1.54) is 0 Å². The summed E-state index contributed by atoms with van der Waals surface area (Å²) in [6.07, 6.45) is 3.40. The molecule has 0 aliphatic carbocycles. The van der Waals surface area contributed by atoms with Crippen LogP contribution in [0.1, 0.15) is 45.4 Å². The molecule has 19 heavy (non-hydrogen) atoms. The summed E-state index contributed by atoms with van der Waals surface area (Å²) < 4.78 is 0. The Hall–Kier alpha value is -1.30. The number of aliphatic hydroxyl groups is 1. The van der Waals surface area contributed by atoms with Crippen LogP contribution in [0.5, 0.6) is 0 Å². The van der Waals surface area contributed by atoms with Gasteiger partial charge in [-0.25, -0.2) is 4.79 Å². The van der Waals surface area contributed by atoms with Gasteiger partial charge in [-0.15, -0.1) is 0 Å². The summed E-state index contributed by atoms with van der Waals surface area (Å²) in [5, 5.41) is 21.3. The molecule has 0 saturated carbocycles. The fourth-order valence-corrected chi connectivity index (χ4v) is 3.24. The number of fused-ring (bicyclic) bond motifs is 2. The lowest BCUT2D eigenvalue weighted by Crippen LogP contribution is -2.54. The highest BCUT2D eigenvalue weighted by Gasteiger charge is 2.43. The van der Waals surface area contributed by atoms with Gasteiger partial charge in [-0.3, -0.25) is 4.79 Å². The first kappa shape index (κ1) is 14.1. The molecular formula is C13H22N2O4. The molecule has 0 spiro atoms. The number of carboxylic acid groups (broad SMARTS) is 1. The highest BCUT2D eigenvalue weighted by atomic mass is 16.4. The molecule has 3 N–H and O–H groups in total. The van der Waals surface area contributed by atoms with Gasteiger partial charge in [0.15, 0.2) is 0 Å². The van der Waals surface area contributed by atoms with Gasteiger partial charge in [0.25, 0.3) is 0 Å². The molecule has 2 heterocycles. The molecule has 2 aliphatic heterocycles. The lowest BCUT2D eigenvalue weighted by Gasteiger charge is -2.37. The van der Waals surface area contributed by atoms with Crippen LogP contribution < -0.4 is 5.32 Å². The number of aliphatic hydroxyl groups excluding tert-OH is 1. The van der Waals surface area contributed by atoms with Crippen molar-refractivity contribution in [1.82, 2.24) is 10.2 Å². The molecule has 0 radical (unpaired) electrons. The second-order valence-electron chi connectivity index (χ2n) is 5.57. The smallest absolute Gasteiger partial charge is 0.318 e. The predicted molar refractivity (Wildman–Crippen MR) is 68.8 cm³/mol. The molecule has 2 saturated heterocycles. The molecular weight excluding hydrogens is 248 g/mol. The third kappa shape index (κ3) is 3.18. The van der Waals surface area contributed by atoms with E-state index in [4.69, 9.17) is 5.11 Å². The van der Waals surface area contributed by atoms with E-state index < -0.39 is 5.97 Å². The van der Waals surface area contributed by atoms with Crippen LogP contribution in [0.3, 0.4) is 0 Å².